The molecule has 2 heterocycles. The summed E-state index contributed by atoms with van der Waals surface area (Å²) in [7, 11) is 1.81. The number of amides is 1. The van der Waals surface area contributed by atoms with Crippen LogP contribution in [-0.2, 0) is 11.3 Å². The van der Waals surface area contributed by atoms with Gasteiger partial charge in [-0.15, -0.1) is 12.4 Å². The monoisotopic (exact) mass is 273 g/mol. The molecule has 1 aromatic rings. The number of nitrogens with zero attached hydrogens (tertiary/aromatic N) is 2. The number of likely N-dealkylation sites (N-methyl/N-ethyl adjacent to an activating group) is 1. The van der Waals surface area contributed by atoms with Crippen molar-refractivity contribution in [3.63, 3.8) is 0 Å². The van der Waals surface area contributed by atoms with Crippen molar-refractivity contribution in [1.82, 2.24) is 15.4 Å². The van der Waals surface area contributed by atoms with Gasteiger partial charge >= 0.3 is 0 Å². The second-order valence-corrected chi connectivity index (χ2v) is 4.63. The van der Waals surface area contributed by atoms with Crippen LogP contribution in [0.25, 0.3) is 0 Å². The van der Waals surface area contributed by atoms with Gasteiger partial charge in [-0.05, 0) is 26.3 Å². The van der Waals surface area contributed by atoms with Crippen molar-refractivity contribution in [3.05, 3.63) is 17.5 Å². The number of piperidine rings is 1. The first kappa shape index (κ1) is 15.0. The first-order valence-electron chi connectivity index (χ1n) is 6.07. The first-order valence-corrected chi connectivity index (χ1v) is 6.07. The molecule has 0 bridgehead atoms. The summed E-state index contributed by atoms with van der Waals surface area (Å²) in [6.45, 7) is 3.29. The number of halogens is 1. The number of rotatable bonds is 3. The van der Waals surface area contributed by atoms with Crippen LogP contribution in [-0.4, -0.2) is 35.6 Å². The first-order chi connectivity index (χ1) is 8.16. The molecular weight excluding hydrogens is 254 g/mol. The number of aromatic nitrogens is 1. The molecule has 6 heteroatoms. The predicted octanol–water partition coefficient (Wildman–Crippen LogP) is 1.51. The topological polar surface area (TPSA) is 58.4 Å². The van der Waals surface area contributed by atoms with E-state index in [-0.39, 0.29) is 24.4 Å². The molecule has 1 aromatic heterocycles. The Morgan fingerprint density at radius 3 is 2.94 bits per heavy atom. The maximum absolute atomic E-state index is 12.1. The molecule has 2 rings (SSSR count). The van der Waals surface area contributed by atoms with Crippen LogP contribution in [0.4, 0.5) is 0 Å². The molecule has 1 N–H and O–H groups in total. The fourth-order valence-electron chi connectivity index (χ4n) is 2.14. The third kappa shape index (κ3) is 3.71. The van der Waals surface area contributed by atoms with Crippen LogP contribution in [0.15, 0.2) is 10.6 Å². The van der Waals surface area contributed by atoms with Gasteiger partial charge in [-0.3, -0.25) is 4.79 Å². The summed E-state index contributed by atoms with van der Waals surface area (Å²) in [5, 5.41) is 7.15. The molecule has 18 heavy (non-hydrogen) atoms. The maximum Gasteiger partial charge on any atom is 0.239 e. The summed E-state index contributed by atoms with van der Waals surface area (Å²) in [5.41, 5.74) is 0.800. The summed E-state index contributed by atoms with van der Waals surface area (Å²) < 4.78 is 4.99. The van der Waals surface area contributed by atoms with Crippen LogP contribution in [0.1, 0.15) is 30.7 Å². The SMILES string of the molecule is Cc1cc(CN(C)C(=O)[C@@H]2CCCCN2)no1.Cl. The molecule has 0 aromatic carbocycles. The molecule has 1 fully saturated rings. The lowest BCUT2D eigenvalue weighted by molar-refractivity contribution is -0.133. The second-order valence-electron chi connectivity index (χ2n) is 4.63. The summed E-state index contributed by atoms with van der Waals surface area (Å²) >= 11 is 0. The van der Waals surface area contributed by atoms with Gasteiger partial charge in [-0.2, -0.15) is 0 Å². The van der Waals surface area contributed by atoms with Crippen LogP contribution in [0.3, 0.4) is 0 Å². The smallest absolute Gasteiger partial charge is 0.239 e. The molecule has 1 atom stereocenters. The number of carbonyl (C=O) groups excluding carboxylic acids is 1. The van der Waals surface area contributed by atoms with Gasteiger partial charge in [0.25, 0.3) is 0 Å². The number of hydrogen-bond donors (Lipinski definition) is 1. The van der Waals surface area contributed by atoms with Gasteiger partial charge in [0.05, 0.1) is 12.6 Å². The number of hydrogen-bond acceptors (Lipinski definition) is 4. The van der Waals surface area contributed by atoms with Crippen molar-refractivity contribution in [2.45, 2.75) is 38.8 Å². The van der Waals surface area contributed by atoms with Crippen LogP contribution in [0, 0.1) is 6.92 Å². The van der Waals surface area contributed by atoms with Crippen molar-refractivity contribution in [3.8, 4) is 0 Å². The third-order valence-corrected chi connectivity index (χ3v) is 3.06. The lowest BCUT2D eigenvalue weighted by atomic mass is 10.0. The minimum atomic E-state index is -0.0262. The summed E-state index contributed by atoms with van der Waals surface area (Å²) in [6.07, 6.45) is 3.22. The minimum Gasteiger partial charge on any atom is -0.361 e. The van der Waals surface area contributed by atoms with Gasteiger partial charge in [-0.25, -0.2) is 0 Å². The van der Waals surface area contributed by atoms with E-state index in [1.165, 1.54) is 0 Å². The zero-order chi connectivity index (χ0) is 12.3. The molecule has 0 radical (unpaired) electrons. The molecule has 0 unspecified atom stereocenters. The maximum atomic E-state index is 12.1. The molecule has 0 spiro atoms. The Morgan fingerprint density at radius 2 is 2.39 bits per heavy atom. The van der Waals surface area contributed by atoms with Gasteiger partial charge in [-0.1, -0.05) is 11.6 Å². The largest absolute Gasteiger partial charge is 0.361 e. The summed E-state index contributed by atoms with van der Waals surface area (Å²) in [6, 6.07) is 1.83. The fourth-order valence-corrected chi connectivity index (χ4v) is 2.14. The van der Waals surface area contributed by atoms with Gasteiger partial charge in [0, 0.05) is 13.1 Å². The molecule has 0 saturated carbocycles. The Morgan fingerprint density at radius 1 is 1.61 bits per heavy atom. The zero-order valence-electron chi connectivity index (χ0n) is 10.8. The number of carbonyl (C=O) groups is 1. The molecule has 102 valence electrons. The predicted molar refractivity (Wildman–Crippen MR) is 70.6 cm³/mol. The highest BCUT2D eigenvalue weighted by atomic mass is 35.5. The second kappa shape index (κ2) is 6.75. The molecule has 1 saturated heterocycles. The Bertz CT molecular complexity index is 388. The Hall–Kier alpha value is -1.07. The molecule has 1 amide bonds. The highest BCUT2D eigenvalue weighted by molar-refractivity contribution is 5.85. The van der Waals surface area contributed by atoms with E-state index in [2.05, 4.69) is 10.5 Å². The van der Waals surface area contributed by atoms with Gasteiger partial charge < -0.3 is 14.7 Å². The average molecular weight is 274 g/mol. The Labute approximate surface area is 113 Å². The van der Waals surface area contributed by atoms with E-state index in [1.54, 1.807) is 4.90 Å². The standard InChI is InChI=1S/C12H19N3O2.ClH/c1-9-7-10(14-17-9)8-15(2)12(16)11-5-3-4-6-13-11;/h7,11,13H,3-6,8H2,1-2H3;1H/t11-;/m0./s1. The minimum absolute atomic E-state index is 0. The lowest BCUT2D eigenvalue weighted by Crippen LogP contribution is -2.47. The highest BCUT2D eigenvalue weighted by Crippen LogP contribution is 2.11. The van der Waals surface area contributed by atoms with E-state index >= 15 is 0 Å². The van der Waals surface area contributed by atoms with E-state index in [9.17, 15) is 4.79 Å². The van der Waals surface area contributed by atoms with Gasteiger partial charge in [0.2, 0.25) is 5.91 Å². The van der Waals surface area contributed by atoms with Crippen molar-refractivity contribution in [1.29, 1.82) is 0 Å². The molecule has 5 nitrogen and oxygen atoms in total. The van der Waals surface area contributed by atoms with E-state index in [0.717, 1.165) is 37.3 Å². The normalized spacial score (nSPS) is 19.1. The van der Waals surface area contributed by atoms with Crippen LogP contribution >= 0.6 is 12.4 Å². The lowest BCUT2D eigenvalue weighted by Gasteiger charge is -2.26. The third-order valence-electron chi connectivity index (χ3n) is 3.06. The van der Waals surface area contributed by atoms with Crippen LogP contribution in [0.5, 0.6) is 0 Å². The Kier molecular flexibility index (Phi) is 5.62. The zero-order valence-corrected chi connectivity index (χ0v) is 11.6. The average Bonchev–Trinajstić information content (AvgIpc) is 2.75. The summed E-state index contributed by atoms with van der Waals surface area (Å²) in [4.78, 5) is 13.8. The fraction of sp³-hybridized carbons (Fsp3) is 0.667. The summed E-state index contributed by atoms with van der Waals surface area (Å²) in [5.74, 6) is 0.919. The molecule has 0 aliphatic carbocycles. The molecule has 1 aliphatic heterocycles. The van der Waals surface area contributed by atoms with Crippen molar-refractivity contribution < 1.29 is 9.32 Å². The van der Waals surface area contributed by atoms with Gasteiger partial charge in [0.15, 0.2) is 0 Å². The highest BCUT2D eigenvalue weighted by Gasteiger charge is 2.23. The van der Waals surface area contributed by atoms with Crippen molar-refractivity contribution >= 4 is 18.3 Å². The van der Waals surface area contributed by atoms with E-state index < -0.39 is 0 Å². The van der Waals surface area contributed by atoms with E-state index in [0.29, 0.717) is 6.54 Å². The van der Waals surface area contributed by atoms with Crippen molar-refractivity contribution in [2.24, 2.45) is 0 Å². The van der Waals surface area contributed by atoms with Gasteiger partial charge in [0.1, 0.15) is 11.5 Å². The van der Waals surface area contributed by atoms with E-state index in [4.69, 9.17) is 4.52 Å². The van der Waals surface area contributed by atoms with Crippen LogP contribution < -0.4 is 5.32 Å². The van der Waals surface area contributed by atoms with Crippen LogP contribution in [0.2, 0.25) is 0 Å². The van der Waals surface area contributed by atoms with E-state index in [1.807, 2.05) is 20.0 Å². The number of aryl methyl sites for hydroxylation is 1. The van der Waals surface area contributed by atoms with Crippen molar-refractivity contribution in [2.75, 3.05) is 13.6 Å². The number of nitrogens with one attached hydrogen (secondary N) is 1. The molecular formula is C12H20ClN3O2. The molecule has 1 aliphatic rings. The Balaban J connectivity index is 0.00000162. The quantitative estimate of drug-likeness (QED) is 0.907.